The van der Waals surface area contributed by atoms with E-state index in [1.165, 1.54) is 31.2 Å². The number of nitrogens with zero attached hydrogens (tertiary/aromatic N) is 2. The number of fused-ring (bicyclic) bond motifs is 2. The van der Waals surface area contributed by atoms with Crippen LogP contribution in [0.1, 0.15) is 37.7 Å². The third-order valence-electron chi connectivity index (χ3n) is 5.65. The van der Waals surface area contributed by atoms with Crippen molar-refractivity contribution in [3.8, 4) is 0 Å². The molecule has 0 aromatic heterocycles. The van der Waals surface area contributed by atoms with Gasteiger partial charge in [0.15, 0.2) is 0 Å². The number of hydrogen-bond donors (Lipinski definition) is 0. The van der Waals surface area contributed by atoms with E-state index in [9.17, 15) is 4.79 Å². The molecule has 0 N–H and O–H groups in total. The van der Waals surface area contributed by atoms with Gasteiger partial charge in [-0.3, -0.25) is 9.69 Å². The number of para-hydroxylation sites is 1. The van der Waals surface area contributed by atoms with Gasteiger partial charge >= 0.3 is 0 Å². The number of ether oxygens (including phenoxy) is 1. The predicted octanol–water partition coefficient (Wildman–Crippen LogP) is 2.61. The number of carbonyl (C=O) groups excluding carboxylic acids is 1. The second-order valence-electron chi connectivity index (χ2n) is 6.97. The summed E-state index contributed by atoms with van der Waals surface area (Å²) in [6.07, 6.45) is 7.02. The standard InChI is InChI=1S/C19H26N2O2/c22-19(21-12-9-15-5-1-2-6-16(15)21)10-11-20-13-14-23-18-8-4-3-7-17(18)20/h1-2,5-6,17-18H,3-4,7-14H2/t17-,18-/m1/s1. The summed E-state index contributed by atoms with van der Waals surface area (Å²) in [5.74, 6) is 0.272. The van der Waals surface area contributed by atoms with Gasteiger partial charge in [-0.25, -0.2) is 0 Å². The fraction of sp³-hybridized carbons (Fsp3) is 0.632. The van der Waals surface area contributed by atoms with E-state index in [0.29, 0.717) is 18.6 Å². The van der Waals surface area contributed by atoms with Gasteiger partial charge in [-0.05, 0) is 30.9 Å². The zero-order valence-electron chi connectivity index (χ0n) is 13.7. The second-order valence-corrected chi connectivity index (χ2v) is 6.97. The largest absolute Gasteiger partial charge is 0.375 e. The quantitative estimate of drug-likeness (QED) is 0.860. The number of anilines is 1. The van der Waals surface area contributed by atoms with Gasteiger partial charge in [0, 0.05) is 37.8 Å². The van der Waals surface area contributed by atoms with Crippen LogP contribution in [0.25, 0.3) is 0 Å². The van der Waals surface area contributed by atoms with E-state index in [2.05, 4.69) is 23.1 Å². The Morgan fingerprint density at radius 1 is 1.17 bits per heavy atom. The molecule has 0 bridgehead atoms. The van der Waals surface area contributed by atoms with Crippen LogP contribution in [0.3, 0.4) is 0 Å². The van der Waals surface area contributed by atoms with Crippen molar-refractivity contribution in [1.82, 2.24) is 4.90 Å². The van der Waals surface area contributed by atoms with Gasteiger partial charge in [0.1, 0.15) is 0 Å². The van der Waals surface area contributed by atoms with Crippen molar-refractivity contribution in [2.75, 3.05) is 31.1 Å². The number of amides is 1. The van der Waals surface area contributed by atoms with E-state index in [1.54, 1.807) is 0 Å². The van der Waals surface area contributed by atoms with Gasteiger partial charge in [0.2, 0.25) is 5.91 Å². The van der Waals surface area contributed by atoms with E-state index in [1.807, 2.05) is 11.0 Å². The average molecular weight is 314 g/mol. The third kappa shape index (κ3) is 3.02. The summed E-state index contributed by atoms with van der Waals surface area (Å²) in [5.41, 5.74) is 2.43. The molecule has 4 nitrogen and oxygen atoms in total. The van der Waals surface area contributed by atoms with Gasteiger partial charge in [0.05, 0.1) is 12.7 Å². The third-order valence-corrected chi connectivity index (χ3v) is 5.65. The minimum atomic E-state index is 0.272. The second kappa shape index (κ2) is 6.62. The van der Waals surface area contributed by atoms with Crippen molar-refractivity contribution in [3.05, 3.63) is 29.8 Å². The van der Waals surface area contributed by atoms with Crippen LogP contribution in [-0.4, -0.2) is 49.2 Å². The zero-order valence-corrected chi connectivity index (χ0v) is 13.7. The number of carbonyl (C=O) groups is 1. The molecular formula is C19H26N2O2. The summed E-state index contributed by atoms with van der Waals surface area (Å²) in [4.78, 5) is 17.2. The molecule has 23 heavy (non-hydrogen) atoms. The SMILES string of the molecule is O=C(CCN1CCO[C@@H]2CCCC[C@H]21)N1CCc2ccccc21. The molecule has 1 aliphatic carbocycles. The molecule has 2 heterocycles. The van der Waals surface area contributed by atoms with Crippen LogP contribution in [0, 0.1) is 0 Å². The van der Waals surface area contributed by atoms with Crippen LogP contribution in [0.4, 0.5) is 5.69 Å². The summed E-state index contributed by atoms with van der Waals surface area (Å²) in [7, 11) is 0. The maximum Gasteiger partial charge on any atom is 0.228 e. The lowest BCUT2D eigenvalue weighted by Gasteiger charge is -2.43. The smallest absolute Gasteiger partial charge is 0.228 e. The van der Waals surface area contributed by atoms with Crippen LogP contribution >= 0.6 is 0 Å². The van der Waals surface area contributed by atoms with E-state index in [-0.39, 0.29) is 5.91 Å². The molecule has 2 aliphatic heterocycles. The van der Waals surface area contributed by atoms with Crippen LogP contribution < -0.4 is 4.90 Å². The molecule has 1 aromatic rings. The Balaban J connectivity index is 1.36. The highest BCUT2D eigenvalue weighted by molar-refractivity contribution is 5.95. The van der Waals surface area contributed by atoms with Gasteiger partial charge in [-0.1, -0.05) is 31.0 Å². The van der Waals surface area contributed by atoms with E-state index < -0.39 is 0 Å². The van der Waals surface area contributed by atoms with Crippen molar-refractivity contribution in [3.63, 3.8) is 0 Å². The summed E-state index contributed by atoms with van der Waals surface area (Å²) < 4.78 is 5.93. The number of hydrogen-bond acceptors (Lipinski definition) is 3. The summed E-state index contributed by atoms with van der Waals surface area (Å²) in [6.45, 7) is 3.52. The lowest BCUT2D eigenvalue weighted by Crippen LogP contribution is -2.53. The number of benzene rings is 1. The monoisotopic (exact) mass is 314 g/mol. The van der Waals surface area contributed by atoms with E-state index >= 15 is 0 Å². The van der Waals surface area contributed by atoms with Crippen molar-refractivity contribution in [2.24, 2.45) is 0 Å². The van der Waals surface area contributed by atoms with Crippen molar-refractivity contribution < 1.29 is 9.53 Å². The van der Waals surface area contributed by atoms with E-state index in [4.69, 9.17) is 4.74 Å². The highest BCUT2D eigenvalue weighted by atomic mass is 16.5. The molecule has 1 saturated carbocycles. The minimum Gasteiger partial charge on any atom is -0.375 e. The van der Waals surface area contributed by atoms with Crippen LogP contribution in [0.5, 0.6) is 0 Å². The molecule has 1 aromatic carbocycles. The van der Waals surface area contributed by atoms with Crippen molar-refractivity contribution in [2.45, 2.75) is 50.7 Å². The average Bonchev–Trinajstić information content (AvgIpc) is 3.04. The van der Waals surface area contributed by atoms with Crippen LogP contribution in [0.2, 0.25) is 0 Å². The highest BCUT2D eigenvalue weighted by Crippen LogP contribution is 2.30. The van der Waals surface area contributed by atoms with E-state index in [0.717, 1.165) is 38.3 Å². The molecule has 1 amide bonds. The predicted molar refractivity (Wildman–Crippen MR) is 90.7 cm³/mol. The molecule has 4 rings (SSSR count). The van der Waals surface area contributed by atoms with Gasteiger partial charge in [-0.2, -0.15) is 0 Å². The first-order valence-electron chi connectivity index (χ1n) is 9.07. The Morgan fingerprint density at radius 2 is 2.04 bits per heavy atom. The number of morpholine rings is 1. The summed E-state index contributed by atoms with van der Waals surface area (Å²) in [5, 5.41) is 0. The maximum absolute atomic E-state index is 12.7. The molecule has 0 unspecified atom stereocenters. The Labute approximate surface area is 138 Å². The van der Waals surface area contributed by atoms with Gasteiger partial charge < -0.3 is 9.64 Å². The maximum atomic E-state index is 12.7. The fourth-order valence-electron chi connectivity index (χ4n) is 4.43. The Morgan fingerprint density at radius 3 is 3.00 bits per heavy atom. The van der Waals surface area contributed by atoms with Crippen LogP contribution in [-0.2, 0) is 16.0 Å². The molecule has 0 radical (unpaired) electrons. The Kier molecular flexibility index (Phi) is 4.36. The van der Waals surface area contributed by atoms with Crippen LogP contribution in [0.15, 0.2) is 24.3 Å². The Hall–Kier alpha value is -1.39. The molecule has 3 aliphatic rings. The first-order valence-corrected chi connectivity index (χ1v) is 9.07. The minimum absolute atomic E-state index is 0.272. The zero-order chi connectivity index (χ0) is 15.6. The molecule has 2 atom stereocenters. The first-order chi connectivity index (χ1) is 11.3. The van der Waals surface area contributed by atoms with Crippen molar-refractivity contribution in [1.29, 1.82) is 0 Å². The normalized spacial score (nSPS) is 27.6. The number of rotatable bonds is 3. The lowest BCUT2D eigenvalue weighted by atomic mass is 9.90. The topological polar surface area (TPSA) is 32.8 Å². The molecular weight excluding hydrogens is 288 g/mol. The molecule has 124 valence electrons. The van der Waals surface area contributed by atoms with Gasteiger partial charge in [-0.15, -0.1) is 0 Å². The highest BCUT2D eigenvalue weighted by Gasteiger charge is 2.34. The summed E-state index contributed by atoms with van der Waals surface area (Å²) >= 11 is 0. The molecule has 1 saturated heterocycles. The van der Waals surface area contributed by atoms with Crippen molar-refractivity contribution >= 4 is 11.6 Å². The fourth-order valence-corrected chi connectivity index (χ4v) is 4.43. The first kappa shape index (κ1) is 15.2. The lowest BCUT2D eigenvalue weighted by molar-refractivity contribution is -0.121. The molecule has 0 spiro atoms. The molecule has 2 fully saturated rings. The molecule has 4 heteroatoms. The van der Waals surface area contributed by atoms with Gasteiger partial charge in [0.25, 0.3) is 0 Å². The summed E-state index contributed by atoms with van der Waals surface area (Å²) in [6, 6.07) is 8.84. The Bertz CT molecular complexity index is 572.